The molecule has 0 saturated heterocycles. The predicted molar refractivity (Wildman–Crippen MR) is 101 cm³/mol. The van der Waals surface area contributed by atoms with Crippen LogP contribution >= 0.6 is 0 Å². The normalized spacial score (nSPS) is 13.7. The molecule has 3 rings (SSSR count). The number of benzene rings is 2. The van der Waals surface area contributed by atoms with Crippen molar-refractivity contribution in [3.63, 3.8) is 0 Å². The summed E-state index contributed by atoms with van der Waals surface area (Å²) in [6, 6.07) is 14.9. The van der Waals surface area contributed by atoms with Gasteiger partial charge in [0.15, 0.2) is 0 Å². The van der Waals surface area contributed by atoms with E-state index < -0.39 is 10.0 Å². The molecule has 0 aromatic heterocycles. The van der Waals surface area contributed by atoms with Gasteiger partial charge in [-0.05, 0) is 24.1 Å². The number of hydrogen-bond acceptors (Lipinski definition) is 4. The number of ether oxygens (including phenoxy) is 1. The lowest BCUT2D eigenvalue weighted by Gasteiger charge is -2.24. The zero-order chi connectivity index (χ0) is 18.7. The number of anilines is 1. The number of methoxy groups -OCH3 is 1. The first-order valence-corrected chi connectivity index (χ1v) is 10.2. The van der Waals surface area contributed by atoms with Crippen LogP contribution in [0.4, 0.5) is 5.69 Å². The highest BCUT2D eigenvalue weighted by atomic mass is 32.2. The monoisotopic (exact) mass is 374 g/mol. The van der Waals surface area contributed by atoms with Gasteiger partial charge in [-0.1, -0.05) is 36.4 Å². The third-order valence-corrected chi connectivity index (χ3v) is 5.70. The van der Waals surface area contributed by atoms with Crippen LogP contribution in [0.5, 0.6) is 5.75 Å². The molecule has 138 valence electrons. The van der Waals surface area contributed by atoms with E-state index in [9.17, 15) is 13.2 Å². The van der Waals surface area contributed by atoms with Gasteiger partial charge in [-0.3, -0.25) is 4.79 Å². The number of amides is 1. The molecule has 0 radical (unpaired) electrons. The standard InChI is InChI=1S/C19H22N2O4S/c1-25-18-10-6-4-8-16(18)13-20(26(2,23)24)14-19(22)21-12-11-15-7-3-5-9-17(15)21/h3-10H,11-14H2,1-2H3. The van der Waals surface area contributed by atoms with Crippen LogP contribution < -0.4 is 9.64 Å². The molecule has 0 aliphatic carbocycles. The van der Waals surface area contributed by atoms with E-state index in [1.807, 2.05) is 36.4 Å². The number of para-hydroxylation sites is 2. The number of carbonyl (C=O) groups is 1. The molecule has 0 atom stereocenters. The molecule has 0 unspecified atom stereocenters. The van der Waals surface area contributed by atoms with Crippen molar-refractivity contribution in [1.82, 2.24) is 4.31 Å². The van der Waals surface area contributed by atoms with Crippen molar-refractivity contribution in [3.8, 4) is 5.75 Å². The maximum Gasteiger partial charge on any atom is 0.242 e. The van der Waals surface area contributed by atoms with E-state index in [2.05, 4.69) is 0 Å². The molecule has 7 heteroatoms. The highest BCUT2D eigenvalue weighted by Gasteiger charge is 2.28. The Labute approximate surface area is 154 Å². The summed E-state index contributed by atoms with van der Waals surface area (Å²) in [6.45, 7) is 0.458. The van der Waals surface area contributed by atoms with E-state index in [1.54, 1.807) is 17.0 Å². The summed E-state index contributed by atoms with van der Waals surface area (Å²) in [5, 5.41) is 0. The van der Waals surface area contributed by atoms with Gasteiger partial charge >= 0.3 is 0 Å². The Morgan fingerprint density at radius 1 is 1.15 bits per heavy atom. The van der Waals surface area contributed by atoms with E-state index in [-0.39, 0.29) is 19.0 Å². The second kappa shape index (κ2) is 7.47. The molecular weight excluding hydrogens is 352 g/mol. The summed E-state index contributed by atoms with van der Waals surface area (Å²) >= 11 is 0. The fourth-order valence-corrected chi connectivity index (χ4v) is 3.87. The molecule has 1 aliphatic heterocycles. The highest BCUT2D eigenvalue weighted by molar-refractivity contribution is 7.88. The third kappa shape index (κ3) is 3.89. The second-order valence-electron chi connectivity index (χ2n) is 6.27. The summed E-state index contributed by atoms with van der Waals surface area (Å²) in [4.78, 5) is 14.5. The molecule has 1 amide bonds. The van der Waals surface area contributed by atoms with Crippen molar-refractivity contribution in [2.24, 2.45) is 0 Å². The van der Waals surface area contributed by atoms with Crippen LogP contribution in [0.3, 0.4) is 0 Å². The zero-order valence-corrected chi connectivity index (χ0v) is 15.7. The van der Waals surface area contributed by atoms with Crippen molar-refractivity contribution in [1.29, 1.82) is 0 Å². The van der Waals surface area contributed by atoms with Gasteiger partial charge in [-0.2, -0.15) is 4.31 Å². The minimum absolute atomic E-state index is 0.0874. The molecule has 2 aromatic rings. The number of rotatable bonds is 6. The van der Waals surface area contributed by atoms with Crippen molar-refractivity contribution in [2.75, 3.05) is 31.4 Å². The fraction of sp³-hybridized carbons (Fsp3) is 0.316. The molecule has 1 heterocycles. The first-order chi connectivity index (χ1) is 12.4. The van der Waals surface area contributed by atoms with E-state index in [0.717, 1.165) is 29.5 Å². The van der Waals surface area contributed by atoms with E-state index in [1.165, 1.54) is 11.4 Å². The Morgan fingerprint density at radius 3 is 2.58 bits per heavy atom. The summed E-state index contributed by atoms with van der Waals surface area (Å²) in [5.41, 5.74) is 2.69. The minimum Gasteiger partial charge on any atom is -0.496 e. The summed E-state index contributed by atoms with van der Waals surface area (Å²) in [7, 11) is -2.02. The van der Waals surface area contributed by atoms with E-state index in [4.69, 9.17) is 4.74 Å². The highest BCUT2D eigenvalue weighted by Crippen LogP contribution is 2.28. The molecule has 0 spiro atoms. The average Bonchev–Trinajstić information content (AvgIpc) is 3.05. The van der Waals surface area contributed by atoms with Crippen molar-refractivity contribution in [3.05, 3.63) is 59.7 Å². The lowest BCUT2D eigenvalue weighted by Crippen LogP contribution is -2.41. The largest absolute Gasteiger partial charge is 0.496 e. The zero-order valence-electron chi connectivity index (χ0n) is 14.9. The number of carbonyl (C=O) groups excluding carboxylic acids is 1. The van der Waals surface area contributed by atoms with Crippen LogP contribution in [0.2, 0.25) is 0 Å². The molecular formula is C19H22N2O4S. The van der Waals surface area contributed by atoms with Crippen LogP contribution in [0, 0.1) is 0 Å². The van der Waals surface area contributed by atoms with Gasteiger partial charge in [0, 0.05) is 24.3 Å². The van der Waals surface area contributed by atoms with Crippen LogP contribution in [0.25, 0.3) is 0 Å². The Bertz CT molecular complexity index is 911. The maximum atomic E-state index is 12.8. The minimum atomic E-state index is -3.56. The Hall–Kier alpha value is -2.38. The van der Waals surface area contributed by atoms with Crippen LogP contribution in [-0.4, -0.2) is 45.1 Å². The first kappa shape index (κ1) is 18.4. The van der Waals surface area contributed by atoms with Gasteiger partial charge in [-0.15, -0.1) is 0 Å². The quantitative estimate of drug-likeness (QED) is 0.776. The lowest BCUT2D eigenvalue weighted by molar-refractivity contribution is -0.118. The number of fused-ring (bicyclic) bond motifs is 1. The Balaban J connectivity index is 1.81. The molecule has 0 N–H and O–H groups in total. The topological polar surface area (TPSA) is 66.9 Å². The molecule has 0 bridgehead atoms. The van der Waals surface area contributed by atoms with Crippen molar-refractivity contribution in [2.45, 2.75) is 13.0 Å². The summed E-state index contributed by atoms with van der Waals surface area (Å²) in [5.74, 6) is 0.371. The number of hydrogen-bond donors (Lipinski definition) is 0. The molecule has 1 aliphatic rings. The Morgan fingerprint density at radius 2 is 1.85 bits per heavy atom. The number of nitrogens with zero attached hydrogens (tertiary/aromatic N) is 2. The Kier molecular flexibility index (Phi) is 5.29. The molecule has 26 heavy (non-hydrogen) atoms. The van der Waals surface area contributed by atoms with Gasteiger partial charge in [0.05, 0.1) is 19.9 Å². The van der Waals surface area contributed by atoms with Gasteiger partial charge < -0.3 is 9.64 Å². The van der Waals surface area contributed by atoms with Crippen LogP contribution in [0.15, 0.2) is 48.5 Å². The average molecular weight is 374 g/mol. The molecule has 6 nitrogen and oxygen atoms in total. The summed E-state index contributed by atoms with van der Waals surface area (Å²) < 4.78 is 31.0. The SMILES string of the molecule is COc1ccccc1CN(CC(=O)N1CCc2ccccc21)S(C)(=O)=O. The van der Waals surface area contributed by atoms with Gasteiger partial charge in [0.1, 0.15) is 5.75 Å². The fourth-order valence-electron chi connectivity index (χ4n) is 3.15. The van der Waals surface area contributed by atoms with E-state index in [0.29, 0.717) is 12.3 Å². The predicted octanol–water partition coefficient (Wildman–Crippen LogP) is 2.05. The molecule has 0 fully saturated rings. The van der Waals surface area contributed by atoms with Crippen LogP contribution in [-0.2, 0) is 27.8 Å². The molecule has 0 saturated carbocycles. The summed E-state index contributed by atoms with van der Waals surface area (Å²) in [6.07, 6.45) is 1.90. The van der Waals surface area contributed by atoms with Crippen molar-refractivity contribution < 1.29 is 17.9 Å². The lowest BCUT2D eigenvalue weighted by atomic mass is 10.2. The van der Waals surface area contributed by atoms with Crippen LogP contribution in [0.1, 0.15) is 11.1 Å². The first-order valence-electron chi connectivity index (χ1n) is 8.35. The number of sulfonamides is 1. The van der Waals surface area contributed by atoms with Gasteiger partial charge in [0.2, 0.25) is 15.9 Å². The van der Waals surface area contributed by atoms with E-state index >= 15 is 0 Å². The smallest absolute Gasteiger partial charge is 0.242 e. The maximum absolute atomic E-state index is 12.8. The molecule has 2 aromatic carbocycles. The van der Waals surface area contributed by atoms with Gasteiger partial charge in [-0.25, -0.2) is 8.42 Å². The third-order valence-electron chi connectivity index (χ3n) is 4.51. The second-order valence-corrected chi connectivity index (χ2v) is 8.25. The van der Waals surface area contributed by atoms with Gasteiger partial charge in [0.25, 0.3) is 0 Å². The van der Waals surface area contributed by atoms with Crippen molar-refractivity contribution >= 4 is 21.6 Å².